The van der Waals surface area contributed by atoms with Gasteiger partial charge >= 0.3 is 0 Å². The van der Waals surface area contributed by atoms with E-state index in [2.05, 4.69) is 5.32 Å². The molecule has 2 aromatic carbocycles. The van der Waals surface area contributed by atoms with Gasteiger partial charge in [0.25, 0.3) is 5.78 Å². The van der Waals surface area contributed by atoms with Gasteiger partial charge in [-0.15, -0.1) is 0 Å². The molecule has 0 radical (unpaired) electrons. The van der Waals surface area contributed by atoms with Gasteiger partial charge in [0.15, 0.2) is 11.5 Å². The smallest absolute Gasteiger partial charge is 0.261 e. The maximum absolute atomic E-state index is 14.1. The quantitative estimate of drug-likeness (QED) is 0.628. The van der Waals surface area contributed by atoms with Crippen LogP contribution in [0.1, 0.15) is 23.6 Å². The number of rotatable bonds is 6. The lowest BCUT2D eigenvalue weighted by Crippen LogP contribution is -2.20. The number of allylic oxidation sites excluding steroid dienone is 7. The molecule has 0 fully saturated rings. The third-order valence-corrected chi connectivity index (χ3v) is 5.75. The summed E-state index contributed by atoms with van der Waals surface area (Å²) in [5, 5.41) is 2.88. The van der Waals surface area contributed by atoms with Crippen molar-refractivity contribution >= 4 is 22.8 Å². The highest BCUT2D eigenvalue weighted by Gasteiger charge is 2.26. The lowest BCUT2D eigenvalue weighted by atomic mass is 9.99. The van der Waals surface area contributed by atoms with E-state index < -0.39 is 0 Å². The van der Waals surface area contributed by atoms with Crippen LogP contribution in [-0.4, -0.2) is 25.9 Å². The Morgan fingerprint density at radius 3 is 2.32 bits per heavy atom. The van der Waals surface area contributed by atoms with Crippen molar-refractivity contribution in [1.29, 1.82) is 0 Å². The van der Waals surface area contributed by atoms with Gasteiger partial charge in [0.1, 0.15) is 5.82 Å². The zero-order valence-electron chi connectivity index (χ0n) is 19.1. The van der Waals surface area contributed by atoms with Crippen molar-refractivity contribution in [3.05, 3.63) is 118 Å². The number of carbonyl (C=O) groups is 2. The summed E-state index contributed by atoms with van der Waals surface area (Å²) in [7, 11) is 2.85. The van der Waals surface area contributed by atoms with Crippen LogP contribution in [0.15, 0.2) is 95.5 Å². The molecule has 2 aliphatic rings. The van der Waals surface area contributed by atoms with Crippen LogP contribution in [0, 0.1) is 5.82 Å². The van der Waals surface area contributed by atoms with E-state index in [1.54, 1.807) is 18.2 Å². The number of hydrogen-bond donors (Lipinski definition) is 1. The molecule has 172 valence electrons. The fraction of sp³-hybridized carbons (Fsp3) is 0.143. The summed E-state index contributed by atoms with van der Waals surface area (Å²) in [6, 6.07) is 14.1. The van der Waals surface area contributed by atoms with Crippen molar-refractivity contribution in [3.63, 3.8) is 0 Å². The Kier molecular flexibility index (Phi) is 6.59. The average Bonchev–Trinajstić information content (AvgIpc) is 3.09. The summed E-state index contributed by atoms with van der Waals surface area (Å²) in [5.74, 6) is -0.664. The molecule has 0 unspecified atom stereocenters. The van der Waals surface area contributed by atoms with E-state index in [1.807, 2.05) is 43.3 Å². The topological polar surface area (TPSA) is 64.6 Å². The van der Waals surface area contributed by atoms with Crippen LogP contribution >= 0.6 is 0 Å². The summed E-state index contributed by atoms with van der Waals surface area (Å²) >= 11 is 0. The lowest BCUT2D eigenvalue weighted by molar-refractivity contribution is -0.118. The standard InChI is InChI=1S/C28H24FNO4/c1-17-22(11-19-12-25(33-2)28(32)26(13-19)34-3)21-10-9-20(29)14-24(21)23(17)15-27(31)30-16-18-7-5-4-6-8-18/h4-15H,16H2,1-3H3,(H,30,31)/b23-15+. The molecule has 0 aliphatic heterocycles. The Morgan fingerprint density at radius 1 is 1.00 bits per heavy atom. The van der Waals surface area contributed by atoms with Gasteiger partial charge in [0.05, 0.1) is 14.2 Å². The minimum Gasteiger partial charge on any atom is -0.492 e. The summed E-state index contributed by atoms with van der Waals surface area (Å²) in [4.78, 5) is 25.0. The molecule has 0 aromatic heterocycles. The number of halogens is 1. The number of benzene rings is 2. The van der Waals surface area contributed by atoms with Crippen LogP contribution in [0.4, 0.5) is 4.39 Å². The van der Waals surface area contributed by atoms with Gasteiger partial charge in [-0.25, -0.2) is 4.39 Å². The largest absolute Gasteiger partial charge is 0.492 e. The van der Waals surface area contributed by atoms with Crippen LogP contribution in [0.3, 0.4) is 0 Å². The molecule has 4 rings (SSSR count). The molecule has 0 atom stereocenters. The SMILES string of the molecule is COC1=CC(=CC2=C(C)/C(=C\C(=O)NCc3ccccc3)c3cc(F)ccc32)C=C(OC)C1=O. The molecular weight excluding hydrogens is 433 g/mol. The van der Waals surface area contributed by atoms with E-state index in [9.17, 15) is 14.0 Å². The number of carbonyl (C=O) groups excluding carboxylic acids is 2. The Labute approximate surface area is 197 Å². The molecule has 0 bridgehead atoms. The summed E-state index contributed by atoms with van der Waals surface area (Å²) in [5.41, 5.74) is 5.39. The summed E-state index contributed by atoms with van der Waals surface area (Å²) in [6.07, 6.45) is 6.63. The first kappa shape index (κ1) is 23.0. The highest BCUT2D eigenvalue weighted by molar-refractivity contribution is 6.10. The molecule has 2 aliphatic carbocycles. The van der Waals surface area contributed by atoms with Crippen molar-refractivity contribution < 1.29 is 23.5 Å². The summed E-state index contributed by atoms with van der Waals surface area (Å²) < 4.78 is 24.5. The highest BCUT2D eigenvalue weighted by Crippen LogP contribution is 2.43. The number of ketones is 1. The molecule has 0 heterocycles. The van der Waals surface area contributed by atoms with E-state index in [0.717, 1.165) is 22.3 Å². The average molecular weight is 458 g/mol. The minimum atomic E-state index is -0.387. The van der Waals surface area contributed by atoms with Gasteiger partial charge in [-0.05, 0) is 76.3 Å². The second-order valence-corrected chi connectivity index (χ2v) is 7.89. The molecule has 0 spiro atoms. The number of hydrogen-bond acceptors (Lipinski definition) is 4. The van der Waals surface area contributed by atoms with Crippen LogP contribution in [0.2, 0.25) is 0 Å². The van der Waals surface area contributed by atoms with Gasteiger partial charge in [0, 0.05) is 12.6 Å². The summed E-state index contributed by atoms with van der Waals surface area (Å²) in [6.45, 7) is 2.28. The monoisotopic (exact) mass is 457 g/mol. The Hall–Kier alpha value is -4.19. The van der Waals surface area contributed by atoms with Crippen molar-refractivity contribution in [2.45, 2.75) is 13.5 Å². The van der Waals surface area contributed by atoms with Crippen LogP contribution in [0.5, 0.6) is 0 Å². The van der Waals surface area contributed by atoms with Crippen molar-refractivity contribution in [2.24, 2.45) is 0 Å². The first-order chi connectivity index (χ1) is 16.4. The molecule has 5 nitrogen and oxygen atoms in total. The lowest BCUT2D eigenvalue weighted by Gasteiger charge is -2.14. The normalized spacial score (nSPS) is 16.2. The van der Waals surface area contributed by atoms with E-state index in [1.165, 1.54) is 32.4 Å². The fourth-order valence-electron chi connectivity index (χ4n) is 4.01. The molecule has 0 saturated carbocycles. The van der Waals surface area contributed by atoms with Crippen molar-refractivity contribution in [3.8, 4) is 0 Å². The van der Waals surface area contributed by atoms with Crippen LogP contribution in [0.25, 0.3) is 11.1 Å². The minimum absolute atomic E-state index is 0.164. The molecule has 6 heteroatoms. The third-order valence-electron chi connectivity index (χ3n) is 5.75. The van der Waals surface area contributed by atoms with Gasteiger partial charge < -0.3 is 14.8 Å². The van der Waals surface area contributed by atoms with E-state index in [0.29, 0.717) is 23.3 Å². The Morgan fingerprint density at radius 2 is 1.68 bits per heavy atom. The Balaban J connectivity index is 1.72. The van der Waals surface area contributed by atoms with Crippen molar-refractivity contribution in [2.75, 3.05) is 14.2 Å². The van der Waals surface area contributed by atoms with Gasteiger partial charge in [-0.3, -0.25) is 9.59 Å². The number of amides is 1. The second kappa shape index (κ2) is 9.75. The van der Waals surface area contributed by atoms with E-state index in [-0.39, 0.29) is 29.0 Å². The second-order valence-electron chi connectivity index (χ2n) is 7.89. The third kappa shape index (κ3) is 4.62. The van der Waals surface area contributed by atoms with E-state index in [4.69, 9.17) is 9.47 Å². The zero-order chi connectivity index (χ0) is 24.2. The molecule has 1 amide bonds. The Bertz CT molecular complexity index is 1290. The van der Waals surface area contributed by atoms with Gasteiger partial charge in [-0.2, -0.15) is 0 Å². The van der Waals surface area contributed by atoms with Crippen molar-refractivity contribution in [1.82, 2.24) is 5.32 Å². The predicted octanol–water partition coefficient (Wildman–Crippen LogP) is 4.88. The fourth-order valence-corrected chi connectivity index (χ4v) is 4.01. The molecule has 0 saturated heterocycles. The molecular formula is C28H24FNO4. The maximum atomic E-state index is 14.1. The molecule has 2 aromatic rings. The number of methoxy groups -OCH3 is 2. The van der Waals surface area contributed by atoms with Crippen LogP contribution in [-0.2, 0) is 25.6 Å². The number of ether oxygens (including phenoxy) is 2. The maximum Gasteiger partial charge on any atom is 0.261 e. The molecule has 1 N–H and O–H groups in total. The van der Waals surface area contributed by atoms with Gasteiger partial charge in [-0.1, -0.05) is 36.4 Å². The van der Waals surface area contributed by atoms with E-state index >= 15 is 0 Å². The van der Waals surface area contributed by atoms with Crippen LogP contribution < -0.4 is 5.32 Å². The number of fused-ring (bicyclic) bond motifs is 1. The highest BCUT2D eigenvalue weighted by atomic mass is 19.1. The molecule has 34 heavy (non-hydrogen) atoms. The van der Waals surface area contributed by atoms with Gasteiger partial charge in [0.2, 0.25) is 5.91 Å². The number of nitrogens with one attached hydrogen (secondary N) is 1. The predicted molar refractivity (Wildman–Crippen MR) is 129 cm³/mol. The first-order valence-corrected chi connectivity index (χ1v) is 10.7. The number of Topliss-reactive ketones (excluding diaryl/α,β-unsaturated/α-hetero) is 1. The first-order valence-electron chi connectivity index (χ1n) is 10.7. The zero-order valence-corrected chi connectivity index (χ0v) is 19.1.